The molecule has 21 heavy (non-hydrogen) atoms. The summed E-state index contributed by atoms with van der Waals surface area (Å²) in [6.45, 7) is 3.23. The van der Waals surface area contributed by atoms with E-state index in [1.165, 1.54) is 12.1 Å². The van der Waals surface area contributed by atoms with E-state index in [1.54, 1.807) is 11.0 Å². The molecule has 1 aliphatic heterocycles. The quantitative estimate of drug-likeness (QED) is 0.922. The Morgan fingerprint density at radius 2 is 2.00 bits per heavy atom. The van der Waals surface area contributed by atoms with Crippen LogP contribution in [0.15, 0.2) is 18.2 Å². The Morgan fingerprint density at radius 3 is 2.62 bits per heavy atom. The molecule has 120 valence electrons. The van der Waals surface area contributed by atoms with Gasteiger partial charge in [0, 0.05) is 32.6 Å². The van der Waals surface area contributed by atoms with Crippen molar-refractivity contribution in [1.29, 1.82) is 0 Å². The topological polar surface area (TPSA) is 49.6 Å². The van der Waals surface area contributed by atoms with Crippen LogP contribution in [-0.2, 0) is 4.79 Å². The Labute approximate surface area is 137 Å². The van der Waals surface area contributed by atoms with Crippen LogP contribution in [0, 0.1) is 5.82 Å². The number of rotatable bonds is 3. The van der Waals surface area contributed by atoms with Crippen molar-refractivity contribution in [2.24, 2.45) is 5.73 Å². The van der Waals surface area contributed by atoms with Crippen LogP contribution >= 0.6 is 24.8 Å². The second-order valence-electron chi connectivity index (χ2n) is 5.12. The van der Waals surface area contributed by atoms with Crippen LogP contribution in [0.3, 0.4) is 0 Å². The van der Waals surface area contributed by atoms with Crippen molar-refractivity contribution in [3.63, 3.8) is 0 Å². The van der Waals surface area contributed by atoms with Gasteiger partial charge in [-0.05, 0) is 31.5 Å². The number of nitrogens with zero attached hydrogens (tertiary/aromatic N) is 2. The fourth-order valence-electron chi connectivity index (χ4n) is 2.27. The van der Waals surface area contributed by atoms with Crippen molar-refractivity contribution in [1.82, 2.24) is 0 Å². The summed E-state index contributed by atoms with van der Waals surface area (Å²) >= 11 is 0. The Kier molecular flexibility index (Phi) is 8.00. The second kappa shape index (κ2) is 8.41. The highest BCUT2D eigenvalue weighted by Crippen LogP contribution is 2.33. The molecule has 0 aromatic heterocycles. The summed E-state index contributed by atoms with van der Waals surface area (Å²) in [6, 6.07) is 4.55. The molecule has 1 amide bonds. The predicted octanol–water partition coefficient (Wildman–Crippen LogP) is 2.58. The fraction of sp³-hybridized carbons (Fsp3) is 0.500. The van der Waals surface area contributed by atoms with Crippen LogP contribution < -0.4 is 15.5 Å². The molecule has 0 radical (unpaired) electrons. The number of carbonyl (C=O) groups excluding carboxylic acids is 1. The maximum absolute atomic E-state index is 13.3. The lowest BCUT2D eigenvalue weighted by Crippen LogP contribution is -2.43. The van der Waals surface area contributed by atoms with E-state index in [0.717, 1.165) is 11.4 Å². The number of anilines is 2. The average molecular weight is 338 g/mol. The van der Waals surface area contributed by atoms with Crippen molar-refractivity contribution in [3.8, 4) is 0 Å². The van der Waals surface area contributed by atoms with Gasteiger partial charge in [0.25, 0.3) is 0 Å². The second-order valence-corrected chi connectivity index (χ2v) is 5.12. The van der Waals surface area contributed by atoms with Gasteiger partial charge in [-0.1, -0.05) is 0 Å². The fourth-order valence-corrected chi connectivity index (χ4v) is 2.27. The number of amides is 1. The van der Waals surface area contributed by atoms with Crippen molar-refractivity contribution >= 4 is 42.1 Å². The van der Waals surface area contributed by atoms with Crippen molar-refractivity contribution < 1.29 is 9.18 Å². The summed E-state index contributed by atoms with van der Waals surface area (Å²) in [7, 11) is 1.90. The van der Waals surface area contributed by atoms with Gasteiger partial charge in [0.15, 0.2) is 0 Å². The number of likely N-dealkylation sites (N-methyl/N-ethyl adjacent to an activating group) is 1. The summed E-state index contributed by atoms with van der Waals surface area (Å²) in [5.41, 5.74) is 7.22. The first-order valence-electron chi connectivity index (χ1n) is 6.55. The van der Waals surface area contributed by atoms with Gasteiger partial charge in [-0.25, -0.2) is 4.39 Å². The molecule has 0 saturated heterocycles. The third kappa shape index (κ3) is 4.73. The van der Waals surface area contributed by atoms with E-state index in [-0.39, 0.29) is 42.6 Å². The first-order valence-corrected chi connectivity index (χ1v) is 6.55. The molecule has 0 fully saturated rings. The molecule has 0 saturated carbocycles. The van der Waals surface area contributed by atoms with Gasteiger partial charge < -0.3 is 15.5 Å². The van der Waals surface area contributed by atoms with E-state index in [2.05, 4.69) is 0 Å². The van der Waals surface area contributed by atoms with Crippen LogP contribution in [0.4, 0.5) is 15.8 Å². The molecule has 2 rings (SSSR count). The monoisotopic (exact) mass is 337 g/mol. The zero-order valence-electron chi connectivity index (χ0n) is 12.2. The normalized spacial score (nSPS) is 14.7. The summed E-state index contributed by atoms with van der Waals surface area (Å²) in [4.78, 5) is 15.9. The molecule has 1 unspecified atom stereocenters. The summed E-state index contributed by atoms with van der Waals surface area (Å²) in [5, 5.41) is 0. The van der Waals surface area contributed by atoms with Crippen LogP contribution in [0.1, 0.15) is 19.8 Å². The maximum Gasteiger partial charge on any atom is 0.227 e. The number of carbonyl (C=O) groups is 1. The number of fused-ring (bicyclic) bond motifs is 1. The highest BCUT2D eigenvalue weighted by atomic mass is 35.5. The number of hydrogen-bond donors (Lipinski definition) is 1. The third-order valence-corrected chi connectivity index (χ3v) is 3.41. The number of hydrogen-bond acceptors (Lipinski definition) is 3. The molecule has 0 bridgehead atoms. The van der Waals surface area contributed by atoms with Crippen LogP contribution in [0.5, 0.6) is 0 Å². The summed E-state index contributed by atoms with van der Waals surface area (Å²) in [5.74, 6) is -0.228. The zero-order chi connectivity index (χ0) is 14.0. The SMILES string of the molecule is CC(N)CCC(=O)N1CCN(C)c2cc(F)ccc21.Cl.Cl. The molecule has 1 aromatic carbocycles. The molecule has 0 aliphatic carbocycles. The van der Waals surface area contributed by atoms with Crippen molar-refractivity contribution in [3.05, 3.63) is 24.0 Å². The highest BCUT2D eigenvalue weighted by molar-refractivity contribution is 5.97. The highest BCUT2D eigenvalue weighted by Gasteiger charge is 2.25. The van der Waals surface area contributed by atoms with Gasteiger partial charge in [-0.2, -0.15) is 0 Å². The van der Waals surface area contributed by atoms with Crippen LogP contribution in [0.25, 0.3) is 0 Å². The first-order chi connectivity index (χ1) is 8.99. The first kappa shape index (κ1) is 20.0. The van der Waals surface area contributed by atoms with Gasteiger partial charge in [-0.15, -0.1) is 24.8 Å². The number of benzene rings is 1. The predicted molar refractivity (Wildman–Crippen MR) is 89.4 cm³/mol. The Hall–Kier alpha value is -1.04. The largest absolute Gasteiger partial charge is 0.371 e. The molecule has 1 aromatic rings. The number of halogens is 3. The molecule has 4 nitrogen and oxygen atoms in total. The van der Waals surface area contributed by atoms with E-state index < -0.39 is 0 Å². The Morgan fingerprint density at radius 1 is 1.33 bits per heavy atom. The molecule has 7 heteroatoms. The minimum absolute atomic E-state index is 0. The van der Waals surface area contributed by atoms with Gasteiger partial charge in [0.05, 0.1) is 11.4 Å². The molecular formula is C14H22Cl2FN3O. The molecule has 1 atom stereocenters. The van der Waals surface area contributed by atoms with E-state index in [9.17, 15) is 9.18 Å². The summed E-state index contributed by atoms with van der Waals surface area (Å²) < 4.78 is 13.3. The maximum atomic E-state index is 13.3. The lowest BCUT2D eigenvalue weighted by atomic mass is 10.1. The van der Waals surface area contributed by atoms with Gasteiger partial charge in [0.1, 0.15) is 5.82 Å². The molecule has 1 heterocycles. The molecular weight excluding hydrogens is 316 g/mol. The smallest absolute Gasteiger partial charge is 0.227 e. The van der Waals surface area contributed by atoms with Crippen molar-refractivity contribution in [2.75, 3.05) is 29.9 Å². The Balaban J connectivity index is 0.00000200. The Bertz CT molecular complexity index is 485. The van der Waals surface area contributed by atoms with Gasteiger partial charge in [0.2, 0.25) is 5.91 Å². The summed E-state index contributed by atoms with van der Waals surface area (Å²) in [6.07, 6.45) is 1.10. The lowest BCUT2D eigenvalue weighted by Gasteiger charge is -2.35. The molecule has 0 spiro atoms. The van der Waals surface area contributed by atoms with Gasteiger partial charge in [-0.3, -0.25) is 4.79 Å². The average Bonchev–Trinajstić information content (AvgIpc) is 2.37. The van der Waals surface area contributed by atoms with Gasteiger partial charge >= 0.3 is 0 Å². The van der Waals surface area contributed by atoms with E-state index >= 15 is 0 Å². The minimum Gasteiger partial charge on any atom is -0.371 e. The van der Waals surface area contributed by atoms with E-state index in [4.69, 9.17) is 5.73 Å². The lowest BCUT2D eigenvalue weighted by molar-refractivity contribution is -0.118. The zero-order valence-corrected chi connectivity index (χ0v) is 13.8. The van der Waals surface area contributed by atoms with E-state index in [0.29, 0.717) is 25.9 Å². The van der Waals surface area contributed by atoms with Crippen molar-refractivity contribution in [2.45, 2.75) is 25.8 Å². The minimum atomic E-state index is -0.282. The molecule has 1 aliphatic rings. The molecule has 2 N–H and O–H groups in total. The standard InChI is InChI=1S/C14H20FN3O.2ClH/c1-10(16)3-6-14(19)18-8-7-17(2)13-9-11(15)4-5-12(13)18;;/h4-5,9-10H,3,6-8,16H2,1-2H3;2*1H. The number of nitrogens with two attached hydrogens (primary N) is 1. The van der Waals surface area contributed by atoms with E-state index in [1.807, 2.05) is 18.9 Å². The van der Waals surface area contributed by atoms with Crippen LogP contribution in [-0.4, -0.2) is 32.1 Å². The third-order valence-electron chi connectivity index (χ3n) is 3.41. The van der Waals surface area contributed by atoms with Crippen LogP contribution in [0.2, 0.25) is 0 Å².